The van der Waals surface area contributed by atoms with Crippen LogP contribution in [0.4, 0.5) is 4.39 Å². The van der Waals surface area contributed by atoms with Crippen molar-refractivity contribution in [2.45, 2.75) is 37.9 Å². The standard InChI is InChI=1S/C25H27FN4O3S/c1-3-29(18-8-4-5-9-18)24(31)17-34-25-28-27-23(30(25)22-11-7-6-10-21(22)26)16-33-20-14-12-19(32-2)13-15-20/h6-8,10-15H,3-5,9,16-17H2,1-2H3. The van der Waals surface area contributed by atoms with E-state index in [0.717, 1.165) is 30.7 Å². The Morgan fingerprint density at radius 2 is 1.91 bits per heavy atom. The molecule has 4 rings (SSSR count). The average Bonchev–Trinajstić information content (AvgIpc) is 3.53. The van der Waals surface area contributed by atoms with Gasteiger partial charge in [-0.25, -0.2) is 4.39 Å². The van der Waals surface area contributed by atoms with Crippen molar-refractivity contribution in [3.8, 4) is 17.2 Å². The van der Waals surface area contributed by atoms with Crippen molar-refractivity contribution in [2.75, 3.05) is 19.4 Å². The molecule has 7 nitrogen and oxygen atoms in total. The van der Waals surface area contributed by atoms with Gasteiger partial charge < -0.3 is 14.4 Å². The third-order valence-corrected chi connectivity index (χ3v) is 6.44. The molecule has 1 aliphatic rings. The van der Waals surface area contributed by atoms with Crippen molar-refractivity contribution >= 4 is 17.7 Å². The van der Waals surface area contributed by atoms with Crippen LogP contribution in [-0.2, 0) is 11.4 Å². The van der Waals surface area contributed by atoms with Gasteiger partial charge in [0.25, 0.3) is 0 Å². The number of para-hydroxylation sites is 1. The maximum Gasteiger partial charge on any atom is 0.237 e. The topological polar surface area (TPSA) is 69.5 Å². The van der Waals surface area contributed by atoms with Crippen molar-refractivity contribution in [1.82, 2.24) is 19.7 Å². The number of amides is 1. The highest BCUT2D eigenvalue weighted by Gasteiger charge is 2.22. The molecular weight excluding hydrogens is 455 g/mol. The molecule has 34 heavy (non-hydrogen) atoms. The van der Waals surface area contributed by atoms with E-state index in [2.05, 4.69) is 16.3 Å². The third-order valence-electron chi connectivity index (χ3n) is 5.53. The van der Waals surface area contributed by atoms with E-state index in [0.29, 0.717) is 29.0 Å². The third kappa shape index (κ3) is 5.41. The van der Waals surface area contributed by atoms with Crippen molar-refractivity contribution in [2.24, 2.45) is 0 Å². The Bertz CT molecular complexity index is 1160. The molecule has 0 atom stereocenters. The van der Waals surface area contributed by atoms with Crippen LogP contribution >= 0.6 is 11.8 Å². The van der Waals surface area contributed by atoms with Gasteiger partial charge in [0.15, 0.2) is 11.0 Å². The molecule has 1 aliphatic carbocycles. The zero-order chi connectivity index (χ0) is 23.9. The number of benzene rings is 2. The lowest BCUT2D eigenvalue weighted by Crippen LogP contribution is -2.31. The van der Waals surface area contributed by atoms with Crippen molar-refractivity contribution in [3.05, 3.63) is 71.9 Å². The fourth-order valence-corrected chi connectivity index (χ4v) is 4.66. The number of ether oxygens (including phenoxy) is 2. The van der Waals surface area contributed by atoms with E-state index < -0.39 is 5.82 Å². The van der Waals surface area contributed by atoms with Crippen LogP contribution in [0.2, 0.25) is 0 Å². The number of carbonyl (C=O) groups is 1. The normalized spacial score (nSPS) is 13.0. The summed E-state index contributed by atoms with van der Waals surface area (Å²) < 4.78 is 27.4. The first-order valence-electron chi connectivity index (χ1n) is 11.2. The molecule has 0 saturated carbocycles. The minimum absolute atomic E-state index is 0.000216. The number of carbonyl (C=O) groups excluding carboxylic acids is 1. The van der Waals surface area contributed by atoms with E-state index in [1.54, 1.807) is 54.1 Å². The number of allylic oxidation sites excluding steroid dienone is 2. The molecule has 3 aromatic rings. The van der Waals surface area contributed by atoms with Gasteiger partial charge in [0.2, 0.25) is 5.91 Å². The fraction of sp³-hybridized carbons (Fsp3) is 0.320. The fourth-order valence-electron chi connectivity index (χ4n) is 3.83. The van der Waals surface area contributed by atoms with Crippen LogP contribution in [0, 0.1) is 5.82 Å². The summed E-state index contributed by atoms with van der Waals surface area (Å²) in [6.07, 6.45) is 5.13. The van der Waals surface area contributed by atoms with Gasteiger partial charge in [-0.05, 0) is 62.6 Å². The Hall–Kier alpha value is -3.33. The molecule has 0 unspecified atom stereocenters. The summed E-state index contributed by atoms with van der Waals surface area (Å²) in [6.45, 7) is 2.67. The van der Waals surface area contributed by atoms with E-state index >= 15 is 0 Å². The van der Waals surface area contributed by atoms with Crippen LogP contribution in [-0.4, -0.2) is 45.0 Å². The highest BCUT2D eigenvalue weighted by molar-refractivity contribution is 7.99. The zero-order valence-corrected chi connectivity index (χ0v) is 20.1. The molecule has 0 fully saturated rings. The summed E-state index contributed by atoms with van der Waals surface area (Å²) in [5.74, 6) is 1.54. The Morgan fingerprint density at radius 3 is 2.59 bits per heavy atom. The first kappa shape index (κ1) is 23.8. The lowest BCUT2D eigenvalue weighted by Gasteiger charge is -2.22. The molecule has 0 radical (unpaired) electrons. The summed E-state index contributed by atoms with van der Waals surface area (Å²) >= 11 is 1.24. The monoisotopic (exact) mass is 482 g/mol. The van der Waals surface area contributed by atoms with Gasteiger partial charge in [-0.15, -0.1) is 10.2 Å². The van der Waals surface area contributed by atoms with Gasteiger partial charge in [-0.1, -0.05) is 30.0 Å². The highest BCUT2D eigenvalue weighted by Crippen LogP contribution is 2.27. The van der Waals surface area contributed by atoms with Crippen LogP contribution in [0.3, 0.4) is 0 Å². The summed E-state index contributed by atoms with van der Waals surface area (Å²) in [5, 5.41) is 8.93. The van der Waals surface area contributed by atoms with Crippen LogP contribution < -0.4 is 9.47 Å². The minimum atomic E-state index is -0.410. The first-order valence-corrected chi connectivity index (χ1v) is 12.2. The Morgan fingerprint density at radius 1 is 1.15 bits per heavy atom. The maximum atomic E-state index is 14.7. The predicted molar refractivity (Wildman–Crippen MR) is 129 cm³/mol. The number of thioether (sulfide) groups is 1. The second-order valence-electron chi connectivity index (χ2n) is 7.66. The largest absolute Gasteiger partial charge is 0.497 e. The predicted octanol–water partition coefficient (Wildman–Crippen LogP) is 5.00. The average molecular weight is 483 g/mol. The molecule has 0 aliphatic heterocycles. The second kappa shape index (κ2) is 11.2. The van der Waals surface area contributed by atoms with E-state index in [4.69, 9.17) is 9.47 Å². The number of hydrogen-bond acceptors (Lipinski definition) is 6. The SMILES string of the molecule is CCN(C(=O)CSc1nnc(COc2ccc(OC)cc2)n1-c1ccccc1F)C1=CCCC1. The van der Waals surface area contributed by atoms with E-state index in [9.17, 15) is 9.18 Å². The van der Waals surface area contributed by atoms with Crippen molar-refractivity contribution < 1.29 is 18.7 Å². The van der Waals surface area contributed by atoms with Crippen molar-refractivity contribution in [3.63, 3.8) is 0 Å². The lowest BCUT2D eigenvalue weighted by atomic mass is 10.3. The number of rotatable bonds is 10. The minimum Gasteiger partial charge on any atom is -0.497 e. The molecule has 2 aromatic carbocycles. The van der Waals surface area contributed by atoms with E-state index in [1.165, 1.54) is 17.8 Å². The molecule has 0 bridgehead atoms. The van der Waals surface area contributed by atoms with Gasteiger partial charge in [-0.2, -0.15) is 0 Å². The molecular formula is C25H27FN4O3S. The van der Waals surface area contributed by atoms with Crippen LogP contribution in [0.1, 0.15) is 32.0 Å². The first-order chi connectivity index (χ1) is 16.6. The van der Waals surface area contributed by atoms with Gasteiger partial charge in [0.05, 0.1) is 18.6 Å². The molecule has 0 N–H and O–H groups in total. The van der Waals surface area contributed by atoms with Gasteiger partial charge >= 0.3 is 0 Å². The quantitative estimate of drug-likeness (QED) is 0.379. The Labute approximate surface area is 202 Å². The summed E-state index contributed by atoms with van der Waals surface area (Å²) in [7, 11) is 1.60. The van der Waals surface area contributed by atoms with Gasteiger partial charge in [-0.3, -0.25) is 9.36 Å². The summed E-state index contributed by atoms with van der Waals surface area (Å²) in [5.41, 5.74) is 1.39. The number of nitrogens with zero attached hydrogens (tertiary/aromatic N) is 4. The van der Waals surface area contributed by atoms with Crippen LogP contribution in [0.15, 0.2) is 65.5 Å². The maximum absolute atomic E-state index is 14.7. The number of aromatic nitrogens is 3. The molecule has 1 aromatic heterocycles. The van der Waals surface area contributed by atoms with Gasteiger partial charge in [0, 0.05) is 12.2 Å². The molecule has 1 amide bonds. The molecule has 0 spiro atoms. The summed E-state index contributed by atoms with van der Waals surface area (Å²) in [6, 6.07) is 13.6. The summed E-state index contributed by atoms with van der Waals surface area (Å²) in [4.78, 5) is 14.7. The number of methoxy groups -OCH3 is 1. The van der Waals surface area contributed by atoms with Gasteiger partial charge in [0.1, 0.15) is 23.9 Å². The molecule has 1 heterocycles. The van der Waals surface area contributed by atoms with Crippen LogP contribution in [0.5, 0.6) is 11.5 Å². The van der Waals surface area contributed by atoms with Crippen LogP contribution in [0.25, 0.3) is 5.69 Å². The molecule has 9 heteroatoms. The van der Waals surface area contributed by atoms with Crippen molar-refractivity contribution in [1.29, 1.82) is 0 Å². The highest BCUT2D eigenvalue weighted by atomic mass is 32.2. The van der Waals surface area contributed by atoms with E-state index in [1.807, 2.05) is 11.8 Å². The zero-order valence-electron chi connectivity index (χ0n) is 19.2. The number of hydrogen-bond donors (Lipinski definition) is 0. The second-order valence-corrected chi connectivity index (χ2v) is 8.61. The smallest absolute Gasteiger partial charge is 0.237 e. The number of halogens is 1. The Balaban J connectivity index is 1.54. The Kier molecular flexibility index (Phi) is 7.84. The molecule has 178 valence electrons. The molecule has 0 saturated heterocycles. The lowest BCUT2D eigenvalue weighted by molar-refractivity contribution is -0.126. The van der Waals surface area contributed by atoms with E-state index in [-0.39, 0.29) is 18.3 Å².